The first-order valence-corrected chi connectivity index (χ1v) is 5.94. The van der Waals surface area contributed by atoms with E-state index in [0.717, 1.165) is 19.3 Å². The summed E-state index contributed by atoms with van der Waals surface area (Å²) in [6, 6.07) is 0.0419. The molecule has 1 aromatic rings. The van der Waals surface area contributed by atoms with E-state index in [1.807, 2.05) is 0 Å². The van der Waals surface area contributed by atoms with E-state index >= 15 is 0 Å². The fourth-order valence-electron chi connectivity index (χ4n) is 2.14. The lowest BCUT2D eigenvalue weighted by Gasteiger charge is -2.19. The van der Waals surface area contributed by atoms with E-state index in [4.69, 9.17) is 18.0 Å². The predicted octanol–water partition coefficient (Wildman–Crippen LogP) is 0.661. The monoisotopic (exact) mass is 250 g/mol. The Morgan fingerprint density at radius 1 is 1.41 bits per heavy atom. The molecule has 5 nitrogen and oxygen atoms in total. The first-order chi connectivity index (χ1) is 8.18. The van der Waals surface area contributed by atoms with Crippen molar-refractivity contribution in [2.75, 3.05) is 0 Å². The number of carbonyl (C=O) groups is 1. The maximum absolute atomic E-state index is 11.9. The van der Waals surface area contributed by atoms with E-state index in [-0.39, 0.29) is 17.9 Å². The number of hydrogen-bond acceptors (Lipinski definition) is 4. The summed E-state index contributed by atoms with van der Waals surface area (Å²) in [7, 11) is 0. The molecule has 0 aromatic carbocycles. The second-order valence-electron chi connectivity index (χ2n) is 4.15. The summed E-state index contributed by atoms with van der Waals surface area (Å²) in [6.45, 7) is 0. The molecule has 1 aliphatic rings. The van der Waals surface area contributed by atoms with Crippen molar-refractivity contribution in [1.82, 2.24) is 15.3 Å². The van der Waals surface area contributed by atoms with Crippen molar-refractivity contribution in [2.24, 2.45) is 11.7 Å². The van der Waals surface area contributed by atoms with Crippen LogP contribution in [-0.2, 0) is 0 Å². The minimum Gasteiger partial charge on any atom is -0.393 e. The summed E-state index contributed by atoms with van der Waals surface area (Å²) in [6.07, 6.45) is 7.29. The highest BCUT2D eigenvalue weighted by molar-refractivity contribution is 7.80. The molecular formula is C11H14N4OS. The molecular weight excluding hydrogens is 236 g/mol. The van der Waals surface area contributed by atoms with Crippen LogP contribution >= 0.6 is 12.2 Å². The molecule has 17 heavy (non-hydrogen) atoms. The first-order valence-electron chi connectivity index (χ1n) is 5.53. The molecule has 2 atom stereocenters. The van der Waals surface area contributed by atoms with Crippen LogP contribution in [0.2, 0.25) is 0 Å². The first kappa shape index (κ1) is 11.9. The second-order valence-corrected chi connectivity index (χ2v) is 4.62. The number of thiocarbonyl (C=S) groups is 1. The largest absolute Gasteiger partial charge is 0.393 e. The SMILES string of the molecule is NC(=S)C1CCCC1NC(=O)c1cncnc1. The number of nitrogens with one attached hydrogen (secondary N) is 1. The van der Waals surface area contributed by atoms with Gasteiger partial charge in [-0.3, -0.25) is 4.79 Å². The Morgan fingerprint density at radius 3 is 2.76 bits per heavy atom. The van der Waals surface area contributed by atoms with Gasteiger partial charge in [-0.15, -0.1) is 0 Å². The van der Waals surface area contributed by atoms with Crippen LogP contribution in [0.1, 0.15) is 29.6 Å². The lowest BCUT2D eigenvalue weighted by Crippen LogP contribution is -2.41. The highest BCUT2D eigenvalue weighted by Crippen LogP contribution is 2.26. The standard InChI is InChI=1S/C11H14N4OS/c12-10(17)8-2-1-3-9(8)15-11(16)7-4-13-6-14-5-7/h4-6,8-9H,1-3H2,(H2,12,17)(H,15,16). The van der Waals surface area contributed by atoms with Crippen LogP contribution in [0, 0.1) is 5.92 Å². The van der Waals surface area contributed by atoms with Gasteiger partial charge in [0.25, 0.3) is 5.91 Å². The van der Waals surface area contributed by atoms with Gasteiger partial charge in [0.15, 0.2) is 0 Å². The van der Waals surface area contributed by atoms with Crippen molar-refractivity contribution in [1.29, 1.82) is 0 Å². The van der Waals surface area contributed by atoms with Crippen molar-refractivity contribution in [3.63, 3.8) is 0 Å². The summed E-state index contributed by atoms with van der Waals surface area (Å²) in [5.74, 6) is -0.0580. The van der Waals surface area contributed by atoms with Crippen molar-refractivity contribution in [3.8, 4) is 0 Å². The van der Waals surface area contributed by atoms with Gasteiger partial charge in [-0.25, -0.2) is 9.97 Å². The van der Waals surface area contributed by atoms with Crippen molar-refractivity contribution < 1.29 is 4.79 Å². The van der Waals surface area contributed by atoms with Crippen molar-refractivity contribution in [3.05, 3.63) is 24.3 Å². The fraction of sp³-hybridized carbons (Fsp3) is 0.455. The highest BCUT2D eigenvalue weighted by atomic mass is 32.1. The molecule has 0 bridgehead atoms. The predicted molar refractivity (Wildman–Crippen MR) is 67.4 cm³/mol. The quantitative estimate of drug-likeness (QED) is 0.770. The number of nitrogens with two attached hydrogens (primary N) is 1. The van der Waals surface area contributed by atoms with Crippen molar-refractivity contribution in [2.45, 2.75) is 25.3 Å². The summed E-state index contributed by atoms with van der Waals surface area (Å²) < 4.78 is 0. The number of rotatable bonds is 3. The third kappa shape index (κ3) is 2.76. The number of nitrogens with zero attached hydrogens (tertiary/aromatic N) is 2. The van der Waals surface area contributed by atoms with Gasteiger partial charge >= 0.3 is 0 Å². The molecule has 1 aliphatic carbocycles. The van der Waals surface area contributed by atoms with Crippen LogP contribution in [0.15, 0.2) is 18.7 Å². The van der Waals surface area contributed by atoms with E-state index in [2.05, 4.69) is 15.3 Å². The van der Waals surface area contributed by atoms with Gasteiger partial charge in [0, 0.05) is 24.4 Å². The Labute approximate surface area is 105 Å². The van der Waals surface area contributed by atoms with E-state index in [0.29, 0.717) is 10.6 Å². The zero-order valence-corrected chi connectivity index (χ0v) is 10.1. The average Bonchev–Trinajstić information content (AvgIpc) is 2.78. The molecule has 90 valence electrons. The van der Waals surface area contributed by atoms with E-state index in [9.17, 15) is 4.79 Å². The third-order valence-electron chi connectivity index (χ3n) is 3.02. The Bertz CT molecular complexity index is 423. The maximum Gasteiger partial charge on any atom is 0.254 e. The average molecular weight is 250 g/mol. The zero-order chi connectivity index (χ0) is 12.3. The molecule has 1 fully saturated rings. The number of aromatic nitrogens is 2. The zero-order valence-electron chi connectivity index (χ0n) is 9.30. The number of amides is 1. The molecule has 1 amide bonds. The van der Waals surface area contributed by atoms with Gasteiger partial charge in [0.05, 0.1) is 10.6 Å². The Hall–Kier alpha value is -1.56. The van der Waals surface area contributed by atoms with Crippen LogP contribution < -0.4 is 11.1 Å². The molecule has 0 saturated heterocycles. The normalized spacial score (nSPS) is 23.3. The fourth-order valence-corrected chi connectivity index (χ4v) is 2.42. The van der Waals surface area contributed by atoms with Gasteiger partial charge in [-0.2, -0.15) is 0 Å². The molecule has 3 N–H and O–H groups in total. The van der Waals surface area contributed by atoms with Gasteiger partial charge in [-0.1, -0.05) is 18.6 Å². The summed E-state index contributed by atoms with van der Waals surface area (Å²) in [5, 5.41) is 2.94. The molecule has 0 radical (unpaired) electrons. The minimum atomic E-state index is -0.168. The molecule has 1 aromatic heterocycles. The molecule has 6 heteroatoms. The van der Waals surface area contributed by atoms with Crippen LogP contribution in [0.25, 0.3) is 0 Å². The topological polar surface area (TPSA) is 80.9 Å². The van der Waals surface area contributed by atoms with Gasteiger partial charge in [-0.05, 0) is 12.8 Å². The Kier molecular flexibility index (Phi) is 3.63. The van der Waals surface area contributed by atoms with Gasteiger partial charge < -0.3 is 11.1 Å². The molecule has 0 aliphatic heterocycles. The van der Waals surface area contributed by atoms with E-state index in [1.165, 1.54) is 18.7 Å². The minimum absolute atomic E-state index is 0.0419. The molecule has 1 saturated carbocycles. The lowest BCUT2D eigenvalue weighted by atomic mass is 10.0. The maximum atomic E-state index is 11.9. The molecule has 2 unspecified atom stereocenters. The summed E-state index contributed by atoms with van der Waals surface area (Å²) in [5.41, 5.74) is 6.12. The molecule has 0 spiro atoms. The van der Waals surface area contributed by atoms with Gasteiger partial charge in [0.1, 0.15) is 6.33 Å². The summed E-state index contributed by atoms with van der Waals surface area (Å²) in [4.78, 5) is 20.0. The Morgan fingerprint density at radius 2 is 2.12 bits per heavy atom. The summed E-state index contributed by atoms with van der Waals surface area (Å²) >= 11 is 5.00. The van der Waals surface area contributed by atoms with Crippen LogP contribution in [0.3, 0.4) is 0 Å². The Balaban J connectivity index is 2.02. The third-order valence-corrected chi connectivity index (χ3v) is 3.32. The van der Waals surface area contributed by atoms with E-state index in [1.54, 1.807) is 0 Å². The number of carbonyl (C=O) groups excluding carboxylic acids is 1. The molecule has 2 rings (SSSR count). The van der Waals surface area contributed by atoms with E-state index < -0.39 is 0 Å². The highest BCUT2D eigenvalue weighted by Gasteiger charge is 2.30. The molecule has 1 heterocycles. The van der Waals surface area contributed by atoms with Gasteiger partial charge in [0.2, 0.25) is 0 Å². The van der Waals surface area contributed by atoms with Crippen molar-refractivity contribution >= 4 is 23.1 Å². The van der Waals surface area contributed by atoms with Crippen LogP contribution in [0.4, 0.5) is 0 Å². The number of hydrogen-bond donors (Lipinski definition) is 2. The lowest BCUT2D eigenvalue weighted by molar-refractivity contribution is 0.0933. The van der Waals surface area contributed by atoms with Crippen LogP contribution in [0.5, 0.6) is 0 Å². The smallest absolute Gasteiger partial charge is 0.254 e. The van der Waals surface area contributed by atoms with Crippen LogP contribution in [-0.4, -0.2) is 26.9 Å². The second kappa shape index (κ2) is 5.18.